The summed E-state index contributed by atoms with van der Waals surface area (Å²) in [5.74, 6) is 0.898. The summed E-state index contributed by atoms with van der Waals surface area (Å²) in [6, 6.07) is 8.65. The molecule has 0 saturated heterocycles. The van der Waals surface area contributed by atoms with Crippen molar-refractivity contribution in [3.05, 3.63) is 52.6 Å². The van der Waals surface area contributed by atoms with E-state index in [1.165, 1.54) is 6.07 Å². The number of hydrogen-bond acceptors (Lipinski definition) is 2. The molecule has 102 valence electrons. The summed E-state index contributed by atoms with van der Waals surface area (Å²) in [4.78, 5) is 8.85. The van der Waals surface area contributed by atoms with Crippen LogP contribution in [0.2, 0.25) is 0 Å². The van der Waals surface area contributed by atoms with Crippen LogP contribution in [0.3, 0.4) is 0 Å². The molecule has 0 aliphatic carbocycles. The molecule has 3 aromatic rings. The lowest BCUT2D eigenvalue weighted by Crippen LogP contribution is -2.03. The molecule has 0 spiro atoms. The van der Waals surface area contributed by atoms with Crippen LogP contribution in [0.5, 0.6) is 0 Å². The summed E-state index contributed by atoms with van der Waals surface area (Å²) in [6.07, 6.45) is 2.29. The highest BCUT2D eigenvalue weighted by Crippen LogP contribution is 2.24. The zero-order valence-corrected chi connectivity index (χ0v) is 12.7. The third-order valence-electron chi connectivity index (χ3n) is 2.96. The highest BCUT2D eigenvalue weighted by Gasteiger charge is 2.14. The van der Waals surface area contributed by atoms with Crippen LogP contribution in [0.25, 0.3) is 16.9 Å². The van der Waals surface area contributed by atoms with Gasteiger partial charge in [-0.2, -0.15) is 0 Å². The van der Waals surface area contributed by atoms with E-state index in [2.05, 4.69) is 25.9 Å². The van der Waals surface area contributed by atoms with E-state index in [-0.39, 0.29) is 5.82 Å². The third-order valence-corrected chi connectivity index (χ3v) is 3.80. The quantitative estimate of drug-likeness (QED) is 0.663. The maximum Gasteiger partial charge on any atom is 0.164 e. The normalized spacial score (nSPS) is 11.2. The van der Waals surface area contributed by atoms with Gasteiger partial charge in [-0.05, 0) is 46.3 Å². The molecule has 3 rings (SSSR count). The van der Waals surface area contributed by atoms with Crippen LogP contribution < -0.4 is 0 Å². The molecule has 1 aromatic carbocycles. The standard InChI is InChI=1S/C14H10BrClFN3/c15-10-4-3-9(8-11(10)17)20-13(5-6-16)19-12-2-1-7-18-14(12)20/h1-4,7-8H,5-6H2. The van der Waals surface area contributed by atoms with Gasteiger partial charge in [-0.3, -0.25) is 4.57 Å². The van der Waals surface area contributed by atoms with Gasteiger partial charge in [-0.25, -0.2) is 14.4 Å². The number of alkyl halides is 1. The first-order valence-electron chi connectivity index (χ1n) is 6.04. The van der Waals surface area contributed by atoms with Crippen LogP contribution in [0.1, 0.15) is 5.82 Å². The summed E-state index contributed by atoms with van der Waals surface area (Å²) in [5.41, 5.74) is 2.16. The average Bonchev–Trinajstić information content (AvgIpc) is 2.80. The topological polar surface area (TPSA) is 30.7 Å². The number of imidazole rings is 1. The fourth-order valence-electron chi connectivity index (χ4n) is 2.11. The maximum atomic E-state index is 13.8. The number of benzene rings is 1. The molecule has 3 nitrogen and oxygen atoms in total. The largest absolute Gasteiger partial charge is 0.281 e. The number of hydrogen-bond donors (Lipinski definition) is 0. The van der Waals surface area contributed by atoms with Gasteiger partial charge in [0.2, 0.25) is 0 Å². The molecule has 20 heavy (non-hydrogen) atoms. The smallest absolute Gasteiger partial charge is 0.164 e. The Hall–Kier alpha value is -1.46. The average molecular weight is 355 g/mol. The maximum absolute atomic E-state index is 13.8. The van der Waals surface area contributed by atoms with Gasteiger partial charge >= 0.3 is 0 Å². The molecule has 0 radical (unpaired) electrons. The lowest BCUT2D eigenvalue weighted by atomic mass is 10.3. The van der Waals surface area contributed by atoms with E-state index >= 15 is 0 Å². The molecular weight excluding hydrogens is 345 g/mol. The van der Waals surface area contributed by atoms with Gasteiger partial charge < -0.3 is 0 Å². The van der Waals surface area contributed by atoms with Gasteiger partial charge in [0.15, 0.2) is 5.65 Å². The van der Waals surface area contributed by atoms with Crippen LogP contribution in [-0.4, -0.2) is 20.4 Å². The Labute approximate surface area is 128 Å². The first kappa shape index (κ1) is 13.5. The van der Waals surface area contributed by atoms with E-state index in [1.807, 2.05) is 22.8 Å². The van der Waals surface area contributed by atoms with Crippen molar-refractivity contribution in [2.45, 2.75) is 6.42 Å². The number of nitrogens with zero attached hydrogens (tertiary/aromatic N) is 3. The number of pyridine rings is 1. The Bertz CT molecular complexity index is 772. The summed E-state index contributed by atoms with van der Waals surface area (Å²) in [7, 11) is 0. The molecule has 6 heteroatoms. The molecule has 0 saturated carbocycles. The number of rotatable bonds is 3. The fourth-order valence-corrected chi connectivity index (χ4v) is 2.52. The van der Waals surface area contributed by atoms with Crippen LogP contribution >= 0.6 is 27.5 Å². The van der Waals surface area contributed by atoms with Crippen molar-refractivity contribution in [3.63, 3.8) is 0 Å². The summed E-state index contributed by atoms with van der Waals surface area (Å²) < 4.78 is 16.0. The Morgan fingerprint density at radius 1 is 1.30 bits per heavy atom. The molecule has 0 atom stereocenters. The van der Waals surface area contributed by atoms with E-state index < -0.39 is 0 Å². The molecule has 0 amide bonds. The van der Waals surface area contributed by atoms with E-state index in [0.717, 1.165) is 11.3 Å². The predicted molar refractivity (Wildman–Crippen MR) is 80.9 cm³/mol. The number of fused-ring (bicyclic) bond motifs is 1. The molecule has 0 fully saturated rings. The summed E-state index contributed by atoms with van der Waals surface area (Å²) in [6.45, 7) is 0. The zero-order chi connectivity index (χ0) is 14.1. The van der Waals surface area contributed by atoms with Crippen molar-refractivity contribution in [3.8, 4) is 5.69 Å². The molecule has 0 bridgehead atoms. The van der Waals surface area contributed by atoms with Gasteiger partial charge in [0.1, 0.15) is 17.2 Å². The van der Waals surface area contributed by atoms with E-state index in [1.54, 1.807) is 12.3 Å². The van der Waals surface area contributed by atoms with E-state index in [0.29, 0.717) is 28.1 Å². The van der Waals surface area contributed by atoms with Crippen LogP contribution in [0.4, 0.5) is 4.39 Å². The minimum Gasteiger partial charge on any atom is -0.281 e. The molecule has 2 aromatic heterocycles. The monoisotopic (exact) mass is 353 g/mol. The molecular formula is C14H10BrClFN3. The first-order chi connectivity index (χ1) is 9.70. The van der Waals surface area contributed by atoms with Crippen LogP contribution in [0.15, 0.2) is 41.0 Å². The highest BCUT2D eigenvalue weighted by atomic mass is 79.9. The molecule has 0 unspecified atom stereocenters. The summed E-state index contributed by atoms with van der Waals surface area (Å²) in [5, 5.41) is 0. The number of aromatic nitrogens is 3. The fraction of sp³-hybridized carbons (Fsp3) is 0.143. The number of halogens is 3. The highest BCUT2D eigenvalue weighted by molar-refractivity contribution is 9.10. The molecule has 0 N–H and O–H groups in total. The molecule has 2 heterocycles. The SMILES string of the molecule is Fc1cc(-n2c(CCCl)nc3cccnc32)ccc1Br. The predicted octanol–water partition coefficient (Wildman–Crippen LogP) is 4.10. The van der Waals surface area contributed by atoms with Crippen LogP contribution in [-0.2, 0) is 6.42 Å². The van der Waals surface area contributed by atoms with E-state index in [9.17, 15) is 4.39 Å². The van der Waals surface area contributed by atoms with Crippen molar-refractivity contribution >= 4 is 38.7 Å². The lowest BCUT2D eigenvalue weighted by molar-refractivity contribution is 0.619. The zero-order valence-electron chi connectivity index (χ0n) is 10.4. The Morgan fingerprint density at radius 2 is 2.15 bits per heavy atom. The van der Waals surface area contributed by atoms with Gasteiger partial charge in [0, 0.05) is 18.5 Å². The van der Waals surface area contributed by atoms with Crippen molar-refractivity contribution in [1.29, 1.82) is 0 Å². The Morgan fingerprint density at radius 3 is 2.90 bits per heavy atom. The Balaban J connectivity index is 2.26. The van der Waals surface area contributed by atoms with Crippen molar-refractivity contribution in [2.24, 2.45) is 0 Å². The van der Waals surface area contributed by atoms with Crippen molar-refractivity contribution in [1.82, 2.24) is 14.5 Å². The van der Waals surface area contributed by atoms with Gasteiger partial charge in [-0.15, -0.1) is 11.6 Å². The lowest BCUT2D eigenvalue weighted by Gasteiger charge is -2.08. The minimum atomic E-state index is -0.322. The minimum absolute atomic E-state index is 0.322. The number of aryl methyl sites for hydroxylation is 1. The van der Waals surface area contributed by atoms with Crippen LogP contribution in [0, 0.1) is 5.82 Å². The first-order valence-corrected chi connectivity index (χ1v) is 7.37. The second-order valence-corrected chi connectivity index (χ2v) is 5.48. The van der Waals surface area contributed by atoms with Gasteiger partial charge in [0.25, 0.3) is 0 Å². The van der Waals surface area contributed by atoms with Gasteiger partial charge in [0.05, 0.1) is 10.2 Å². The third kappa shape index (κ3) is 2.31. The van der Waals surface area contributed by atoms with Crippen molar-refractivity contribution < 1.29 is 4.39 Å². The Kier molecular flexibility index (Phi) is 3.72. The molecule has 0 aliphatic heterocycles. The van der Waals surface area contributed by atoms with E-state index in [4.69, 9.17) is 11.6 Å². The van der Waals surface area contributed by atoms with Gasteiger partial charge in [-0.1, -0.05) is 0 Å². The molecule has 0 aliphatic rings. The van der Waals surface area contributed by atoms with Crippen molar-refractivity contribution in [2.75, 3.05) is 5.88 Å². The summed E-state index contributed by atoms with van der Waals surface area (Å²) >= 11 is 8.98. The second-order valence-electron chi connectivity index (χ2n) is 4.25. The second kappa shape index (κ2) is 5.50.